The molecule has 7 heteroatoms. The summed E-state index contributed by atoms with van der Waals surface area (Å²) >= 11 is 1.66. The zero-order valence-corrected chi connectivity index (χ0v) is 13.8. The van der Waals surface area contributed by atoms with Gasteiger partial charge in [0, 0.05) is 18.5 Å². The first-order valence-electron chi connectivity index (χ1n) is 7.13. The minimum atomic E-state index is -0.295. The minimum Gasteiger partial charge on any atom is -0.372 e. The Hall–Kier alpha value is -1.05. The number of aromatic nitrogens is 2. The van der Waals surface area contributed by atoms with E-state index in [4.69, 9.17) is 9.47 Å². The predicted molar refractivity (Wildman–Crippen MR) is 84.7 cm³/mol. The van der Waals surface area contributed by atoms with Gasteiger partial charge in [-0.15, -0.1) is 11.8 Å². The molecule has 1 aliphatic heterocycles. The molecule has 0 spiro atoms. The molecule has 1 fully saturated rings. The van der Waals surface area contributed by atoms with Crippen LogP contribution in [0.25, 0.3) is 0 Å². The van der Waals surface area contributed by atoms with E-state index in [-0.39, 0.29) is 23.0 Å². The van der Waals surface area contributed by atoms with Crippen LogP contribution in [0.2, 0.25) is 0 Å². The lowest BCUT2D eigenvalue weighted by atomic mass is 10.2. The largest absolute Gasteiger partial charge is 0.372 e. The van der Waals surface area contributed by atoms with Crippen LogP contribution in [-0.4, -0.2) is 39.5 Å². The lowest BCUT2D eigenvalue weighted by Crippen LogP contribution is -2.29. The monoisotopic (exact) mass is 313 g/mol. The number of nitrogens with one attached hydrogen (secondary N) is 1. The van der Waals surface area contributed by atoms with Crippen molar-refractivity contribution in [1.82, 2.24) is 9.55 Å². The maximum Gasteiger partial charge on any atom is 0.351 e. The van der Waals surface area contributed by atoms with Crippen LogP contribution in [0.15, 0.2) is 17.1 Å². The highest BCUT2D eigenvalue weighted by atomic mass is 32.2. The summed E-state index contributed by atoms with van der Waals surface area (Å²) in [6.45, 7) is 9.25. The average molecular weight is 313 g/mol. The van der Waals surface area contributed by atoms with Gasteiger partial charge in [-0.1, -0.05) is 0 Å². The zero-order valence-electron chi connectivity index (χ0n) is 13.0. The number of hydrogen-bond donors (Lipinski definition) is 1. The van der Waals surface area contributed by atoms with E-state index in [1.165, 1.54) is 4.57 Å². The van der Waals surface area contributed by atoms with Crippen LogP contribution in [0.1, 0.15) is 33.9 Å². The second kappa shape index (κ2) is 6.81. The highest BCUT2D eigenvalue weighted by Gasteiger charge is 2.29. The molecule has 21 heavy (non-hydrogen) atoms. The molecule has 2 heterocycles. The molecule has 1 aromatic heterocycles. The molecule has 0 unspecified atom stereocenters. The molecule has 0 radical (unpaired) electrons. The Kier molecular flexibility index (Phi) is 5.29. The molecule has 118 valence electrons. The fourth-order valence-corrected chi connectivity index (χ4v) is 2.90. The molecular weight excluding hydrogens is 290 g/mol. The van der Waals surface area contributed by atoms with Crippen molar-refractivity contribution >= 4 is 17.6 Å². The normalized spacial score (nSPS) is 22.5. The van der Waals surface area contributed by atoms with Crippen molar-refractivity contribution in [3.8, 4) is 0 Å². The molecule has 2 atom stereocenters. The molecule has 0 aliphatic carbocycles. The Morgan fingerprint density at radius 3 is 2.95 bits per heavy atom. The van der Waals surface area contributed by atoms with E-state index in [0.717, 1.165) is 12.3 Å². The van der Waals surface area contributed by atoms with Crippen molar-refractivity contribution in [2.75, 3.05) is 24.2 Å². The van der Waals surface area contributed by atoms with Crippen molar-refractivity contribution in [2.24, 2.45) is 0 Å². The molecule has 0 bridgehead atoms. The van der Waals surface area contributed by atoms with Crippen molar-refractivity contribution < 1.29 is 9.47 Å². The third-order valence-electron chi connectivity index (χ3n) is 2.88. The van der Waals surface area contributed by atoms with E-state index in [1.54, 1.807) is 24.0 Å². The van der Waals surface area contributed by atoms with Crippen LogP contribution < -0.4 is 11.0 Å². The van der Waals surface area contributed by atoms with E-state index in [9.17, 15) is 4.79 Å². The van der Waals surface area contributed by atoms with Gasteiger partial charge in [-0.25, -0.2) is 4.79 Å². The van der Waals surface area contributed by atoms with Crippen molar-refractivity contribution in [3.63, 3.8) is 0 Å². The fourth-order valence-electron chi connectivity index (χ4n) is 1.91. The van der Waals surface area contributed by atoms with Gasteiger partial charge in [0.2, 0.25) is 0 Å². The molecule has 1 saturated heterocycles. The highest BCUT2D eigenvalue weighted by Crippen LogP contribution is 2.31. The first kappa shape index (κ1) is 16.3. The van der Waals surface area contributed by atoms with Gasteiger partial charge in [0.15, 0.2) is 0 Å². The smallest absolute Gasteiger partial charge is 0.351 e. The first-order chi connectivity index (χ1) is 9.89. The Balaban J connectivity index is 1.96. The summed E-state index contributed by atoms with van der Waals surface area (Å²) in [6.07, 6.45) is 1.45. The SMILES string of the molecule is CCNc1ccn([C@H]2CS[C@@H](COC(C)(C)C)O2)c(=O)n1. The van der Waals surface area contributed by atoms with Crippen LogP contribution in [0.3, 0.4) is 0 Å². The van der Waals surface area contributed by atoms with Crippen molar-refractivity contribution in [2.45, 2.75) is 45.0 Å². The minimum absolute atomic E-state index is 0.0467. The second-order valence-electron chi connectivity index (χ2n) is 5.81. The number of rotatable bonds is 5. The van der Waals surface area contributed by atoms with Crippen LogP contribution in [0, 0.1) is 0 Å². The van der Waals surface area contributed by atoms with Gasteiger partial charge in [-0.3, -0.25) is 4.57 Å². The van der Waals surface area contributed by atoms with Gasteiger partial charge in [-0.05, 0) is 33.8 Å². The molecule has 6 nitrogen and oxygen atoms in total. The summed E-state index contributed by atoms with van der Waals surface area (Å²) in [7, 11) is 0. The van der Waals surface area contributed by atoms with Crippen molar-refractivity contribution in [3.05, 3.63) is 22.7 Å². The van der Waals surface area contributed by atoms with Gasteiger partial charge in [0.05, 0.1) is 12.2 Å². The first-order valence-corrected chi connectivity index (χ1v) is 8.18. The molecule has 0 saturated carbocycles. The summed E-state index contributed by atoms with van der Waals surface area (Å²) in [5.41, 5.74) is -0.528. The van der Waals surface area contributed by atoms with Gasteiger partial charge >= 0.3 is 5.69 Å². The number of ether oxygens (including phenoxy) is 2. The topological polar surface area (TPSA) is 65.4 Å². The summed E-state index contributed by atoms with van der Waals surface area (Å²) in [5.74, 6) is 1.32. The Morgan fingerprint density at radius 2 is 2.33 bits per heavy atom. The van der Waals surface area contributed by atoms with Crippen LogP contribution in [0.4, 0.5) is 5.82 Å². The third-order valence-corrected chi connectivity index (χ3v) is 3.98. The van der Waals surface area contributed by atoms with Gasteiger partial charge in [0.1, 0.15) is 17.5 Å². The average Bonchev–Trinajstić information content (AvgIpc) is 2.85. The molecular formula is C14H23N3O3S. The third kappa shape index (κ3) is 4.72. The Labute approximate surface area is 129 Å². The Morgan fingerprint density at radius 1 is 1.57 bits per heavy atom. The van der Waals surface area contributed by atoms with Gasteiger partial charge in [0.25, 0.3) is 0 Å². The number of thioether (sulfide) groups is 1. The van der Waals surface area contributed by atoms with Crippen LogP contribution in [0.5, 0.6) is 0 Å². The number of hydrogen-bond acceptors (Lipinski definition) is 6. The summed E-state index contributed by atoms with van der Waals surface area (Å²) < 4.78 is 13.1. The predicted octanol–water partition coefficient (Wildman–Crippen LogP) is 2.08. The summed E-state index contributed by atoms with van der Waals surface area (Å²) in [4.78, 5) is 16.0. The molecule has 1 N–H and O–H groups in total. The molecule has 0 aromatic carbocycles. The number of nitrogens with zero attached hydrogens (tertiary/aromatic N) is 2. The molecule has 1 aliphatic rings. The maximum atomic E-state index is 12.0. The van der Waals surface area contributed by atoms with E-state index in [2.05, 4.69) is 10.3 Å². The van der Waals surface area contributed by atoms with E-state index in [1.807, 2.05) is 27.7 Å². The Bertz CT molecular complexity index is 527. The molecule has 0 amide bonds. The summed E-state index contributed by atoms with van der Waals surface area (Å²) in [5, 5.41) is 3.02. The van der Waals surface area contributed by atoms with Crippen molar-refractivity contribution in [1.29, 1.82) is 0 Å². The lowest BCUT2D eigenvalue weighted by Gasteiger charge is -2.22. The quantitative estimate of drug-likeness (QED) is 0.898. The van der Waals surface area contributed by atoms with Crippen LogP contribution in [-0.2, 0) is 9.47 Å². The standard InChI is InChI=1S/C14H23N3O3S/c1-5-15-10-6-7-17(13(18)16-10)11-9-21-12(20-11)8-19-14(2,3)4/h6-7,11-12H,5,8-9H2,1-4H3,(H,15,16,18)/t11-,12+/m1/s1. The highest BCUT2D eigenvalue weighted by molar-refractivity contribution is 8.00. The number of anilines is 1. The lowest BCUT2D eigenvalue weighted by molar-refractivity contribution is -0.0684. The van der Waals surface area contributed by atoms with E-state index in [0.29, 0.717) is 12.4 Å². The maximum absolute atomic E-state index is 12.0. The second-order valence-corrected chi connectivity index (χ2v) is 7.00. The summed E-state index contributed by atoms with van der Waals surface area (Å²) in [6, 6.07) is 1.79. The molecule has 2 rings (SSSR count). The molecule has 1 aromatic rings. The van der Waals surface area contributed by atoms with Gasteiger partial charge < -0.3 is 14.8 Å². The van der Waals surface area contributed by atoms with Gasteiger partial charge in [-0.2, -0.15) is 4.98 Å². The van der Waals surface area contributed by atoms with Crippen LogP contribution >= 0.6 is 11.8 Å². The fraction of sp³-hybridized carbons (Fsp3) is 0.714. The van der Waals surface area contributed by atoms with E-state index >= 15 is 0 Å². The zero-order chi connectivity index (χ0) is 15.5. The van der Waals surface area contributed by atoms with E-state index < -0.39 is 0 Å².